The zero-order valence-corrected chi connectivity index (χ0v) is 12.6. The van der Waals surface area contributed by atoms with E-state index in [9.17, 15) is 8.42 Å². The van der Waals surface area contributed by atoms with E-state index in [4.69, 9.17) is 4.74 Å². The molecule has 1 aliphatic rings. The van der Waals surface area contributed by atoms with Crippen LogP contribution in [0.25, 0.3) is 0 Å². The van der Waals surface area contributed by atoms with E-state index in [1.165, 1.54) is 0 Å². The van der Waals surface area contributed by atoms with Crippen LogP contribution in [0.15, 0.2) is 24.3 Å². The Hall–Kier alpha value is -1.27. The van der Waals surface area contributed by atoms with Gasteiger partial charge in [-0.3, -0.25) is 4.72 Å². The van der Waals surface area contributed by atoms with E-state index in [-0.39, 0.29) is 11.7 Å². The van der Waals surface area contributed by atoms with Crippen LogP contribution in [0.3, 0.4) is 0 Å². The Bertz CT molecular complexity index is 508. The molecule has 0 amide bonds. The van der Waals surface area contributed by atoms with Crippen molar-refractivity contribution in [3.05, 3.63) is 24.3 Å². The van der Waals surface area contributed by atoms with Crippen molar-refractivity contribution in [3.63, 3.8) is 0 Å². The van der Waals surface area contributed by atoms with Gasteiger partial charge >= 0.3 is 0 Å². The molecule has 0 aromatic heterocycles. The molecular weight excluding hydrogens is 276 g/mol. The molecule has 0 unspecified atom stereocenters. The number of rotatable bonds is 6. The molecule has 1 heterocycles. The number of nitrogens with one attached hydrogen (secondary N) is 2. The number of anilines is 1. The van der Waals surface area contributed by atoms with E-state index in [1.54, 1.807) is 24.3 Å². The van der Waals surface area contributed by atoms with Crippen molar-refractivity contribution in [1.29, 1.82) is 0 Å². The molecule has 1 aromatic rings. The second-order valence-corrected chi connectivity index (χ2v) is 6.80. The summed E-state index contributed by atoms with van der Waals surface area (Å²) < 4.78 is 32.2. The topological polar surface area (TPSA) is 67.4 Å². The van der Waals surface area contributed by atoms with Crippen LogP contribution in [0.5, 0.6) is 5.75 Å². The lowest BCUT2D eigenvalue weighted by Crippen LogP contribution is -2.33. The van der Waals surface area contributed by atoms with Gasteiger partial charge in [0.05, 0.1) is 12.4 Å². The van der Waals surface area contributed by atoms with E-state index in [0.717, 1.165) is 31.7 Å². The van der Waals surface area contributed by atoms with Crippen LogP contribution >= 0.6 is 0 Å². The summed E-state index contributed by atoms with van der Waals surface area (Å²) >= 11 is 0. The Morgan fingerprint density at radius 2 is 1.90 bits per heavy atom. The van der Waals surface area contributed by atoms with Crippen LogP contribution in [0.1, 0.15) is 19.8 Å². The first-order valence-corrected chi connectivity index (χ1v) is 8.68. The summed E-state index contributed by atoms with van der Waals surface area (Å²) in [5, 5.41) is 3.24. The lowest BCUT2D eigenvalue weighted by Gasteiger charge is -2.22. The molecule has 112 valence electrons. The Kier molecular flexibility index (Phi) is 5.25. The summed E-state index contributed by atoms with van der Waals surface area (Å²) in [6, 6.07) is 6.99. The van der Waals surface area contributed by atoms with E-state index >= 15 is 0 Å². The molecule has 0 aliphatic carbocycles. The summed E-state index contributed by atoms with van der Waals surface area (Å²) in [6.07, 6.45) is 1.84. The van der Waals surface area contributed by atoms with Crippen LogP contribution in [0.2, 0.25) is 0 Å². The first-order chi connectivity index (χ1) is 9.59. The van der Waals surface area contributed by atoms with Gasteiger partial charge in [0, 0.05) is 5.69 Å². The number of sulfonamides is 1. The smallest absolute Gasteiger partial charge is 0.232 e. The number of hydrogen-bond donors (Lipinski definition) is 2. The first kappa shape index (κ1) is 15.1. The van der Waals surface area contributed by atoms with Crippen molar-refractivity contribution < 1.29 is 13.2 Å². The number of benzene rings is 1. The second-order valence-electron chi connectivity index (χ2n) is 5.03. The maximum atomic E-state index is 12.1. The minimum atomic E-state index is -3.28. The third kappa shape index (κ3) is 4.68. The standard InChI is InChI=1S/C14H22N2O3S/c1-2-19-14-5-3-13(4-6-14)16-20(17,18)11-12-7-9-15-10-8-12/h3-6,12,15-16H,2,7-11H2,1H3. The van der Waals surface area contributed by atoms with Crippen molar-refractivity contribution in [3.8, 4) is 5.75 Å². The van der Waals surface area contributed by atoms with Crippen molar-refractivity contribution in [2.75, 3.05) is 30.2 Å². The van der Waals surface area contributed by atoms with Crippen molar-refractivity contribution >= 4 is 15.7 Å². The molecule has 1 aromatic carbocycles. The highest BCUT2D eigenvalue weighted by atomic mass is 32.2. The predicted molar refractivity (Wildman–Crippen MR) is 80.6 cm³/mol. The second kappa shape index (κ2) is 6.95. The van der Waals surface area contributed by atoms with Gasteiger partial charge in [0.2, 0.25) is 10.0 Å². The highest BCUT2D eigenvalue weighted by Gasteiger charge is 2.21. The zero-order chi connectivity index (χ0) is 14.4. The van der Waals surface area contributed by atoms with Gasteiger partial charge in [-0.25, -0.2) is 8.42 Å². The lowest BCUT2D eigenvalue weighted by molar-refractivity contribution is 0.340. The lowest BCUT2D eigenvalue weighted by atomic mass is 10.0. The van der Waals surface area contributed by atoms with Gasteiger partial charge in [0.25, 0.3) is 0 Å². The van der Waals surface area contributed by atoms with Crippen LogP contribution < -0.4 is 14.8 Å². The Balaban J connectivity index is 1.93. The quantitative estimate of drug-likeness (QED) is 0.841. The van der Waals surface area contributed by atoms with E-state index in [0.29, 0.717) is 12.3 Å². The Labute approximate surface area is 120 Å². The van der Waals surface area contributed by atoms with Gasteiger partial charge in [-0.2, -0.15) is 0 Å². The third-order valence-electron chi connectivity index (χ3n) is 3.35. The fourth-order valence-electron chi connectivity index (χ4n) is 2.37. The van der Waals surface area contributed by atoms with Crippen LogP contribution in [0.4, 0.5) is 5.69 Å². The molecule has 20 heavy (non-hydrogen) atoms. The zero-order valence-electron chi connectivity index (χ0n) is 11.8. The Morgan fingerprint density at radius 1 is 1.25 bits per heavy atom. The summed E-state index contributed by atoms with van der Waals surface area (Å²) in [5.74, 6) is 1.19. The van der Waals surface area contributed by atoms with Gasteiger partial charge in [0.1, 0.15) is 5.75 Å². The van der Waals surface area contributed by atoms with Crippen molar-refractivity contribution in [2.24, 2.45) is 5.92 Å². The Morgan fingerprint density at radius 3 is 2.50 bits per heavy atom. The van der Waals surface area contributed by atoms with E-state index in [1.807, 2.05) is 6.92 Å². The molecule has 1 aliphatic heterocycles. The van der Waals surface area contributed by atoms with Crippen LogP contribution in [-0.2, 0) is 10.0 Å². The van der Waals surface area contributed by atoms with Gasteiger partial charge in [-0.15, -0.1) is 0 Å². The van der Waals surface area contributed by atoms with Gasteiger partial charge < -0.3 is 10.1 Å². The van der Waals surface area contributed by atoms with E-state index in [2.05, 4.69) is 10.0 Å². The summed E-state index contributed by atoms with van der Waals surface area (Å²) in [7, 11) is -3.28. The molecular formula is C14H22N2O3S. The number of ether oxygens (including phenoxy) is 1. The third-order valence-corrected chi connectivity index (χ3v) is 4.81. The van der Waals surface area contributed by atoms with Gasteiger partial charge in [0.15, 0.2) is 0 Å². The normalized spacial score (nSPS) is 16.9. The number of piperidine rings is 1. The fourth-order valence-corrected chi connectivity index (χ4v) is 3.90. The molecule has 2 N–H and O–H groups in total. The van der Waals surface area contributed by atoms with E-state index < -0.39 is 10.0 Å². The molecule has 1 fully saturated rings. The first-order valence-electron chi connectivity index (χ1n) is 7.03. The molecule has 1 saturated heterocycles. The SMILES string of the molecule is CCOc1ccc(NS(=O)(=O)CC2CCNCC2)cc1. The number of hydrogen-bond acceptors (Lipinski definition) is 4. The monoisotopic (exact) mass is 298 g/mol. The summed E-state index contributed by atoms with van der Waals surface area (Å²) in [5.41, 5.74) is 0.586. The van der Waals surface area contributed by atoms with Crippen LogP contribution in [0, 0.1) is 5.92 Å². The van der Waals surface area contributed by atoms with Crippen molar-refractivity contribution in [1.82, 2.24) is 5.32 Å². The maximum Gasteiger partial charge on any atom is 0.232 e. The van der Waals surface area contributed by atoms with Crippen molar-refractivity contribution in [2.45, 2.75) is 19.8 Å². The highest BCUT2D eigenvalue weighted by molar-refractivity contribution is 7.92. The highest BCUT2D eigenvalue weighted by Crippen LogP contribution is 2.19. The molecule has 0 radical (unpaired) electrons. The molecule has 0 atom stereocenters. The van der Waals surface area contributed by atoms with Gasteiger partial charge in [-0.05, 0) is 63.0 Å². The minimum Gasteiger partial charge on any atom is -0.494 e. The molecule has 5 nitrogen and oxygen atoms in total. The molecule has 0 bridgehead atoms. The average Bonchev–Trinajstić information content (AvgIpc) is 2.41. The molecule has 6 heteroatoms. The fraction of sp³-hybridized carbons (Fsp3) is 0.571. The largest absolute Gasteiger partial charge is 0.494 e. The molecule has 2 rings (SSSR count). The average molecular weight is 298 g/mol. The summed E-state index contributed by atoms with van der Waals surface area (Å²) in [4.78, 5) is 0. The minimum absolute atomic E-state index is 0.196. The molecule has 0 saturated carbocycles. The molecule has 0 spiro atoms. The predicted octanol–water partition coefficient (Wildman–Crippen LogP) is 1.83. The van der Waals surface area contributed by atoms with Crippen LogP contribution in [-0.4, -0.2) is 33.9 Å². The maximum absolute atomic E-state index is 12.1. The summed E-state index contributed by atoms with van der Waals surface area (Å²) in [6.45, 7) is 4.32. The van der Waals surface area contributed by atoms with Gasteiger partial charge in [-0.1, -0.05) is 0 Å².